The number of methoxy groups -OCH3 is 1. The Morgan fingerprint density at radius 2 is 1.76 bits per heavy atom. The number of carbonyl (C=O) groups excluding carboxylic acids is 1. The first kappa shape index (κ1) is 22.0. The average molecular weight is 444 g/mol. The number of para-hydroxylation sites is 1. The predicted octanol–water partition coefficient (Wildman–Crippen LogP) is 2.86. The molecule has 0 fully saturated rings. The zero-order valence-corrected chi connectivity index (χ0v) is 16.6. The molecule has 0 heterocycles. The van der Waals surface area contributed by atoms with Crippen LogP contribution in [0.2, 0.25) is 0 Å². The van der Waals surface area contributed by atoms with E-state index in [-0.39, 0.29) is 11.4 Å². The second kappa shape index (κ2) is 8.41. The van der Waals surface area contributed by atoms with Crippen molar-refractivity contribution in [2.24, 2.45) is 0 Å². The quantitative estimate of drug-likeness (QED) is 0.343. The van der Waals surface area contributed by atoms with Gasteiger partial charge in [-0.15, -0.1) is 0 Å². The Labute approximate surface area is 169 Å². The fourth-order valence-electron chi connectivity index (χ4n) is 2.53. The van der Waals surface area contributed by atoms with Crippen molar-refractivity contribution in [3.05, 3.63) is 62.7 Å². The Kier molecular flexibility index (Phi) is 6.39. The van der Waals surface area contributed by atoms with Gasteiger partial charge in [0.2, 0.25) is 5.24 Å². The van der Waals surface area contributed by atoms with E-state index in [0.29, 0.717) is 4.31 Å². The van der Waals surface area contributed by atoms with Crippen molar-refractivity contribution in [3.63, 3.8) is 0 Å². The summed E-state index contributed by atoms with van der Waals surface area (Å²) in [5.41, 5.74) is -1.60. The molecule has 1 atom stereocenters. The molecule has 154 valence electrons. The van der Waals surface area contributed by atoms with Gasteiger partial charge in [-0.05, 0) is 30.7 Å². The number of ether oxygens (including phenoxy) is 1. The number of halogens is 1. The number of hydrogen-bond donors (Lipinski definition) is 0. The van der Waals surface area contributed by atoms with Crippen LogP contribution in [0.3, 0.4) is 0 Å². The summed E-state index contributed by atoms with van der Waals surface area (Å²) in [5.74, 6) is -0.123. The van der Waals surface area contributed by atoms with Crippen LogP contribution >= 0.6 is 11.6 Å². The molecule has 1 unspecified atom stereocenters. The molecule has 11 nitrogen and oxygen atoms in total. The smallest absolute Gasteiger partial charge is 0.289 e. The van der Waals surface area contributed by atoms with E-state index in [1.54, 1.807) is 0 Å². The van der Waals surface area contributed by atoms with Crippen molar-refractivity contribution in [3.8, 4) is 5.75 Å². The molecule has 0 radical (unpaired) electrons. The van der Waals surface area contributed by atoms with Crippen LogP contribution in [0.15, 0.2) is 47.4 Å². The molecular weight excluding hydrogens is 430 g/mol. The Hall–Kier alpha value is -3.25. The molecular formula is C16H14ClN3O8S. The van der Waals surface area contributed by atoms with E-state index < -0.39 is 47.4 Å². The highest BCUT2D eigenvalue weighted by Crippen LogP contribution is 2.39. The van der Waals surface area contributed by atoms with E-state index in [9.17, 15) is 33.4 Å². The van der Waals surface area contributed by atoms with Gasteiger partial charge in [0, 0.05) is 18.2 Å². The van der Waals surface area contributed by atoms with Gasteiger partial charge >= 0.3 is 0 Å². The van der Waals surface area contributed by atoms with Crippen LogP contribution in [0.25, 0.3) is 0 Å². The molecule has 0 amide bonds. The summed E-state index contributed by atoms with van der Waals surface area (Å²) in [6.45, 7) is 1.14. The van der Waals surface area contributed by atoms with Gasteiger partial charge in [-0.2, -0.15) is 0 Å². The molecule has 2 aromatic rings. The van der Waals surface area contributed by atoms with Crippen molar-refractivity contribution < 1.29 is 27.8 Å². The molecule has 13 heteroatoms. The summed E-state index contributed by atoms with van der Waals surface area (Å²) in [4.78, 5) is 31.9. The first-order chi connectivity index (χ1) is 13.5. The standard InChI is InChI=1S/C16H14ClN3O8S/c1-10(16(17)21)18(13-9-11(19(22)23)7-8-14(13)28-2)29(26,27)15-6-4-3-5-12(15)20(24)25/h3-10H,1-2H3. The third kappa shape index (κ3) is 4.27. The molecule has 0 aliphatic rings. The number of hydrogen-bond acceptors (Lipinski definition) is 8. The van der Waals surface area contributed by atoms with Crippen LogP contribution in [-0.4, -0.2) is 36.7 Å². The minimum absolute atomic E-state index is 0.123. The van der Waals surface area contributed by atoms with E-state index >= 15 is 0 Å². The number of nitrogens with zero attached hydrogens (tertiary/aromatic N) is 3. The third-order valence-corrected chi connectivity index (χ3v) is 6.14. The van der Waals surface area contributed by atoms with Gasteiger partial charge in [0.25, 0.3) is 21.4 Å². The van der Waals surface area contributed by atoms with Crippen molar-refractivity contribution in [1.29, 1.82) is 0 Å². The highest BCUT2D eigenvalue weighted by Gasteiger charge is 2.39. The zero-order valence-electron chi connectivity index (χ0n) is 15.0. The second-order valence-electron chi connectivity index (χ2n) is 5.62. The van der Waals surface area contributed by atoms with Crippen molar-refractivity contribution in [2.75, 3.05) is 11.4 Å². The molecule has 0 N–H and O–H groups in total. The van der Waals surface area contributed by atoms with Gasteiger partial charge in [0.1, 0.15) is 17.5 Å². The lowest BCUT2D eigenvalue weighted by Crippen LogP contribution is -2.42. The van der Waals surface area contributed by atoms with E-state index in [4.69, 9.17) is 16.3 Å². The third-order valence-electron chi connectivity index (χ3n) is 3.89. The topological polar surface area (TPSA) is 150 Å². The normalized spacial score (nSPS) is 12.1. The summed E-state index contributed by atoms with van der Waals surface area (Å²) in [7, 11) is -3.58. The molecule has 0 aromatic heterocycles. The van der Waals surface area contributed by atoms with Crippen LogP contribution < -0.4 is 9.04 Å². The molecule has 2 rings (SSSR count). The second-order valence-corrected chi connectivity index (χ2v) is 7.77. The summed E-state index contributed by atoms with van der Waals surface area (Å²) >= 11 is 5.51. The first-order valence-electron chi connectivity index (χ1n) is 7.82. The SMILES string of the molecule is COc1ccc([N+](=O)[O-])cc1N(C(C)C(=O)Cl)S(=O)(=O)c1ccccc1[N+](=O)[O-]. The maximum atomic E-state index is 13.3. The molecule has 0 aliphatic heterocycles. The van der Waals surface area contributed by atoms with Gasteiger partial charge in [-0.3, -0.25) is 29.3 Å². The maximum Gasteiger partial charge on any atom is 0.289 e. The van der Waals surface area contributed by atoms with Crippen molar-refractivity contribution in [1.82, 2.24) is 0 Å². The van der Waals surface area contributed by atoms with Gasteiger partial charge < -0.3 is 4.74 Å². The zero-order chi connectivity index (χ0) is 21.9. The van der Waals surface area contributed by atoms with E-state index in [1.165, 1.54) is 19.2 Å². The minimum atomic E-state index is -4.77. The molecule has 0 spiro atoms. The fraction of sp³-hybridized carbons (Fsp3) is 0.188. The summed E-state index contributed by atoms with van der Waals surface area (Å²) in [5, 5.41) is 21.4. The summed E-state index contributed by atoms with van der Waals surface area (Å²) < 4.78 is 32.2. The summed E-state index contributed by atoms with van der Waals surface area (Å²) in [6.07, 6.45) is 0. The number of carbonyl (C=O) groups is 1. The number of anilines is 1. The van der Waals surface area contributed by atoms with E-state index in [0.717, 1.165) is 37.3 Å². The van der Waals surface area contributed by atoms with Crippen molar-refractivity contribution in [2.45, 2.75) is 17.9 Å². The fourth-order valence-corrected chi connectivity index (χ4v) is 4.47. The molecule has 0 saturated carbocycles. The average Bonchev–Trinajstić information content (AvgIpc) is 2.67. The summed E-state index contributed by atoms with van der Waals surface area (Å²) in [6, 6.07) is 6.02. The molecule has 2 aromatic carbocycles. The number of nitro groups is 2. The Bertz CT molecular complexity index is 1090. The molecule has 29 heavy (non-hydrogen) atoms. The van der Waals surface area contributed by atoms with Crippen LogP contribution in [0, 0.1) is 20.2 Å². The van der Waals surface area contributed by atoms with Crippen LogP contribution in [-0.2, 0) is 14.8 Å². The Balaban J connectivity index is 2.87. The monoisotopic (exact) mass is 443 g/mol. The maximum absolute atomic E-state index is 13.3. The molecule has 0 saturated heterocycles. The van der Waals surface area contributed by atoms with Gasteiger partial charge in [0.15, 0.2) is 4.90 Å². The Morgan fingerprint density at radius 1 is 1.14 bits per heavy atom. The number of benzene rings is 2. The van der Waals surface area contributed by atoms with Gasteiger partial charge in [0.05, 0.1) is 17.0 Å². The van der Waals surface area contributed by atoms with Crippen LogP contribution in [0.1, 0.15) is 6.92 Å². The number of nitro benzene ring substituents is 2. The lowest BCUT2D eigenvalue weighted by atomic mass is 10.2. The Morgan fingerprint density at radius 3 is 2.28 bits per heavy atom. The number of sulfonamides is 1. The highest BCUT2D eigenvalue weighted by atomic mass is 35.5. The van der Waals surface area contributed by atoms with Gasteiger partial charge in [-0.1, -0.05) is 12.1 Å². The minimum Gasteiger partial charge on any atom is -0.495 e. The van der Waals surface area contributed by atoms with E-state index in [1.807, 2.05) is 0 Å². The molecule has 0 bridgehead atoms. The molecule has 0 aliphatic carbocycles. The van der Waals surface area contributed by atoms with Crippen LogP contribution in [0.5, 0.6) is 5.75 Å². The van der Waals surface area contributed by atoms with E-state index in [2.05, 4.69) is 0 Å². The predicted molar refractivity (Wildman–Crippen MR) is 103 cm³/mol. The first-order valence-corrected chi connectivity index (χ1v) is 9.63. The number of non-ortho nitro benzene ring substituents is 1. The largest absolute Gasteiger partial charge is 0.495 e. The lowest BCUT2D eigenvalue weighted by Gasteiger charge is -2.29. The lowest BCUT2D eigenvalue weighted by molar-refractivity contribution is -0.387. The van der Waals surface area contributed by atoms with Crippen molar-refractivity contribution >= 4 is 43.9 Å². The van der Waals surface area contributed by atoms with Crippen LogP contribution in [0.4, 0.5) is 17.1 Å². The highest BCUT2D eigenvalue weighted by molar-refractivity contribution is 7.93. The number of rotatable bonds is 8. The van der Waals surface area contributed by atoms with Gasteiger partial charge in [-0.25, -0.2) is 8.42 Å².